The van der Waals surface area contributed by atoms with Crippen LogP contribution in [0.1, 0.15) is 0 Å². The van der Waals surface area contributed by atoms with Crippen LogP contribution in [-0.4, -0.2) is 19.2 Å². The fourth-order valence-corrected chi connectivity index (χ4v) is 1.81. The second-order valence-electron chi connectivity index (χ2n) is 3.72. The standard InChI is InChI=1S/C11H10N4O/c1-14-5-4-8(7-14)10-3-2-9-6-12-11(16)13-15(9)10/h2-7H,1H3,(H,13,16). The lowest BCUT2D eigenvalue weighted by Gasteiger charge is -1.99. The molecular formula is C11H10N4O. The molecule has 3 aromatic heterocycles. The first-order chi connectivity index (χ1) is 7.74. The molecule has 0 aliphatic carbocycles. The van der Waals surface area contributed by atoms with Crippen molar-refractivity contribution in [1.82, 2.24) is 19.2 Å². The highest BCUT2D eigenvalue weighted by molar-refractivity contribution is 5.65. The minimum Gasteiger partial charge on any atom is -0.357 e. The van der Waals surface area contributed by atoms with Gasteiger partial charge in [-0.2, -0.15) is 4.98 Å². The molecule has 0 aliphatic heterocycles. The summed E-state index contributed by atoms with van der Waals surface area (Å²) in [6, 6.07) is 5.88. The average Bonchev–Trinajstić information content (AvgIpc) is 2.83. The van der Waals surface area contributed by atoms with Crippen molar-refractivity contribution in [2.24, 2.45) is 7.05 Å². The number of H-pyrrole nitrogens is 1. The molecule has 0 aromatic carbocycles. The summed E-state index contributed by atoms with van der Waals surface area (Å²) in [6.45, 7) is 0. The monoisotopic (exact) mass is 214 g/mol. The molecule has 3 heterocycles. The molecule has 3 aromatic rings. The summed E-state index contributed by atoms with van der Waals surface area (Å²) in [5.74, 6) is 0. The molecule has 80 valence electrons. The Morgan fingerprint density at radius 3 is 2.94 bits per heavy atom. The van der Waals surface area contributed by atoms with Crippen LogP contribution in [0.4, 0.5) is 0 Å². The third-order valence-corrected chi connectivity index (χ3v) is 2.56. The van der Waals surface area contributed by atoms with E-state index in [0.717, 1.165) is 16.8 Å². The Morgan fingerprint density at radius 2 is 2.19 bits per heavy atom. The van der Waals surface area contributed by atoms with Gasteiger partial charge in [-0.05, 0) is 18.2 Å². The van der Waals surface area contributed by atoms with E-state index in [-0.39, 0.29) is 5.69 Å². The lowest BCUT2D eigenvalue weighted by Crippen LogP contribution is -2.13. The minimum atomic E-state index is -0.346. The molecule has 5 nitrogen and oxygen atoms in total. The lowest BCUT2D eigenvalue weighted by atomic mass is 10.2. The molecule has 0 bridgehead atoms. The van der Waals surface area contributed by atoms with E-state index >= 15 is 0 Å². The second kappa shape index (κ2) is 3.10. The van der Waals surface area contributed by atoms with E-state index in [1.807, 2.05) is 42.2 Å². The molecule has 3 rings (SSSR count). The summed E-state index contributed by atoms with van der Waals surface area (Å²) in [5.41, 5.74) is 2.54. The Kier molecular flexibility index (Phi) is 1.73. The van der Waals surface area contributed by atoms with E-state index in [4.69, 9.17) is 0 Å². The maximum atomic E-state index is 11.2. The number of fused-ring (bicyclic) bond motifs is 1. The number of rotatable bonds is 1. The summed E-state index contributed by atoms with van der Waals surface area (Å²) < 4.78 is 3.71. The largest absolute Gasteiger partial charge is 0.360 e. The van der Waals surface area contributed by atoms with Crippen LogP contribution >= 0.6 is 0 Å². The van der Waals surface area contributed by atoms with Crippen molar-refractivity contribution in [2.75, 3.05) is 0 Å². The van der Waals surface area contributed by atoms with Crippen LogP contribution in [-0.2, 0) is 7.05 Å². The predicted octanol–water partition coefficient (Wildman–Crippen LogP) is 1.03. The van der Waals surface area contributed by atoms with Crippen molar-refractivity contribution in [1.29, 1.82) is 0 Å². The van der Waals surface area contributed by atoms with Gasteiger partial charge < -0.3 is 4.57 Å². The van der Waals surface area contributed by atoms with Gasteiger partial charge in [0, 0.05) is 25.0 Å². The highest BCUT2D eigenvalue weighted by Crippen LogP contribution is 2.20. The van der Waals surface area contributed by atoms with Gasteiger partial charge in [0.05, 0.1) is 17.4 Å². The van der Waals surface area contributed by atoms with Gasteiger partial charge in [0.25, 0.3) is 0 Å². The Balaban J connectivity index is 2.31. The molecule has 16 heavy (non-hydrogen) atoms. The Hall–Kier alpha value is -2.30. The maximum absolute atomic E-state index is 11.2. The van der Waals surface area contributed by atoms with Gasteiger partial charge in [0.1, 0.15) is 0 Å². The third-order valence-electron chi connectivity index (χ3n) is 2.56. The van der Waals surface area contributed by atoms with Crippen molar-refractivity contribution >= 4 is 5.52 Å². The zero-order valence-corrected chi connectivity index (χ0v) is 8.71. The molecule has 0 aliphatic rings. The first-order valence-electron chi connectivity index (χ1n) is 4.93. The Labute approximate surface area is 91.0 Å². The van der Waals surface area contributed by atoms with Gasteiger partial charge in [-0.1, -0.05) is 0 Å². The Bertz CT molecular complexity index is 704. The normalized spacial score (nSPS) is 11.1. The molecule has 0 fully saturated rings. The number of nitrogens with zero attached hydrogens (tertiary/aromatic N) is 3. The molecular weight excluding hydrogens is 204 g/mol. The molecule has 0 saturated carbocycles. The average molecular weight is 214 g/mol. The summed E-state index contributed by atoms with van der Waals surface area (Å²) in [7, 11) is 1.96. The highest BCUT2D eigenvalue weighted by Gasteiger charge is 2.05. The van der Waals surface area contributed by atoms with Crippen molar-refractivity contribution in [3.05, 3.63) is 47.3 Å². The van der Waals surface area contributed by atoms with Gasteiger partial charge in [-0.3, -0.25) is 4.52 Å². The number of hydrogen-bond acceptors (Lipinski definition) is 2. The molecule has 0 spiro atoms. The van der Waals surface area contributed by atoms with Crippen molar-refractivity contribution in [2.45, 2.75) is 0 Å². The number of aryl methyl sites for hydroxylation is 1. The summed E-state index contributed by atoms with van der Waals surface area (Å²) >= 11 is 0. The summed E-state index contributed by atoms with van der Waals surface area (Å²) in [5, 5.41) is 2.69. The molecule has 0 amide bonds. The van der Waals surface area contributed by atoms with E-state index in [0.29, 0.717) is 0 Å². The van der Waals surface area contributed by atoms with Crippen molar-refractivity contribution in [3.63, 3.8) is 0 Å². The van der Waals surface area contributed by atoms with Gasteiger partial charge >= 0.3 is 5.69 Å². The molecule has 0 atom stereocenters. The van der Waals surface area contributed by atoms with Crippen LogP contribution in [0.2, 0.25) is 0 Å². The van der Waals surface area contributed by atoms with E-state index in [2.05, 4.69) is 10.1 Å². The number of aromatic nitrogens is 4. The van der Waals surface area contributed by atoms with E-state index in [1.54, 1.807) is 10.7 Å². The van der Waals surface area contributed by atoms with Crippen LogP contribution in [0.5, 0.6) is 0 Å². The quantitative estimate of drug-likeness (QED) is 0.657. The lowest BCUT2D eigenvalue weighted by molar-refractivity contribution is 0.864. The third kappa shape index (κ3) is 1.25. The van der Waals surface area contributed by atoms with Crippen LogP contribution in [0.3, 0.4) is 0 Å². The predicted molar refractivity (Wildman–Crippen MR) is 60.2 cm³/mol. The molecule has 0 unspecified atom stereocenters. The summed E-state index contributed by atoms with van der Waals surface area (Å²) in [6.07, 6.45) is 5.53. The first kappa shape index (κ1) is 8.96. The van der Waals surface area contributed by atoms with E-state index in [1.165, 1.54) is 0 Å². The molecule has 0 saturated heterocycles. The van der Waals surface area contributed by atoms with Gasteiger partial charge in [-0.25, -0.2) is 9.89 Å². The fourth-order valence-electron chi connectivity index (χ4n) is 1.81. The van der Waals surface area contributed by atoms with Crippen LogP contribution in [0.15, 0.2) is 41.6 Å². The SMILES string of the molecule is Cn1ccc(-c2ccc3cnc(=O)[nH]n23)c1. The number of aromatic amines is 1. The smallest absolute Gasteiger partial charge is 0.357 e. The van der Waals surface area contributed by atoms with Crippen molar-refractivity contribution in [3.8, 4) is 11.3 Å². The minimum absolute atomic E-state index is 0.346. The van der Waals surface area contributed by atoms with Gasteiger partial charge in [-0.15, -0.1) is 0 Å². The molecule has 0 radical (unpaired) electrons. The van der Waals surface area contributed by atoms with E-state index < -0.39 is 0 Å². The summed E-state index contributed by atoms with van der Waals surface area (Å²) in [4.78, 5) is 14.9. The highest BCUT2D eigenvalue weighted by atomic mass is 16.1. The van der Waals surface area contributed by atoms with E-state index in [9.17, 15) is 4.79 Å². The topological polar surface area (TPSA) is 55.1 Å². The van der Waals surface area contributed by atoms with Crippen LogP contribution in [0, 0.1) is 0 Å². The first-order valence-corrected chi connectivity index (χ1v) is 4.93. The molecule has 1 N–H and O–H groups in total. The maximum Gasteiger partial charge on any atom is 0.360 e. The van der Waals surface area contributed by atoms with Crippen LogP contribution in [0.25, 0.3) is 16.8 Å². The van der Waals surface area contributed by atoms with Crippen molar-refractivity contribution < 1.29 is 0 Å². The Morgan fingerprint density at radius 1 is 1.31 bits per heavy atom. The zero-order valence-electron chi connectivity index (χ0n) is 8.71. The fraction of sp³-hybridized carbons (Fsp3) is 0.0909. The number of hydrogen-bond donors (Lipinski definition) is 1. The van der Waals surface area contributed by atoms with Gasteiger partial charge in [0.15, 0.2) is 0 Å². The molecule has 5 heteroatoms. The second-order valence-corrected chi connectivity index (χ2v) is 3.72. The van der Waals surface area contributed by atoms with Gasteiger partial charge in [0.2, 0.25) is 0 Å². The zero-order chi connectivity index (χ0) is 11.1. The van der Waals surface area contributed by atoms with Crippen LogP contribution < -0.4 is 5.69 Å². The number of nitrogens with one attached hydrogen (secondary N) is 1.